The topological polar surface area (TPSA) is 112 Å². The Kier molecular flexibility index (Phi) is 5.83. The Morgan fingerprint density at radius 3 is 2.84 bits per heavy atom. The molecule has 0 spiro atoms. The molecule has 2 atom stereocenters. The smallest absolute Gasteiger partial charge is 0.328 e. The molecule has 0 radical (unpaired) electrons. The molecule has 0 aliphatic carbocycles. The van der Waals surface area contributed by atoms with Crippen LogP contribution >= 0.6 is 11.6 Å². The van der Waals surface area contributed by atoms with Gasteiger partial charge in [0.15, 0.2) is 5.69 Å². The van der Waals surface area contributed by atoms with Crippen molar-refractivity contribution >= 4 is 23.1 Å². The lowest BCUT2D eigenvalue weighted by molar-refractivity contribution is -0.396. The van der Waals surface area contributed by atoms with Crippen LogP contribution in [-0.2, 0) is 4.74 Å². The standard InChI is InChI=1S/C21H22ClFN4O4/c1-10-19(22)11(2)26-20(25-10)14-6-27(7-15(14)24)21(29)13-4-3-12(23)5-17(13)31-18-9-30-8-16(18)28/h3-5,16,18,28H,6-9,24H2,1-2H3/p+1/t16-,18-/m0/s1. The number of hydrogen-bond acceptors (Lipinski definition) is 6. The first-order valence-electron chi connectivity index (χ1n) is 9.79. The molecule has 1 amide bonds. The molecule has 0 saturated carbocycles. The SMILES string of the molecule is Cc1nc(C2=C(N)CN(C(=O)c3ccc(F)cc3O[C@H]3COC[C@@H]3O)C2)[nH+]c(C)c1Cl. The Balaban J connectivity index is 1.57. The molecule has 0 bridgehead atoms. The summed E-state index contributed by atoms with van der Waals surface area (Å²) in [6.07, 6.45) is -1.52. The van der Waals surface area contributed by atoms with Gasteiger partial charge in [-0.2, -0.15) is 0 Å². The van der Waals surface area contributed by atoms with Crippen molar-refractivity contribution in [2.45, 2.75) is 26.1 Å². The molecule has 2 aliphatic heterocycles. The molecule has 0 unspecified atom stereocenters. The van der Waals surface area contributed by atoms with E-state index in [1.165, 1.54) is 17.0 Å². The number of aromatic nitrogens is 2. The van der Waals surface area contributed by atoms with E-state index in [9.17, 15) is 14.3 Å². The predicted octanol–water partition coefficient (Wildman–Crippen LogP) is 1.27. The van der Waals surface area contributed by atoms with Gasteiger partial charge in [0.2, 0.25) is 0 Å². The van der Waals surface area contributed by atoms with Crippen LogP contribution in [0.15, 0.2) is 23.9 Å². The van der Waals surface area contributed by atoms with Crippen molar-refractivity contribution in [3.8, 4) is 5.75 Å². The Labute approximate surface area is 183 Å². The predicted molar refractivity (Wildman–Crippen MR) is 110 cm³/mol. The number of H-pyrrole nitrogens is 1. The summed E-state index contributed by atoms with van der Waals surface area (Å²) in [5, 5.41) is 10.5. The first kappa shape index (κ1) is 21.5. The zero-order valence-corrected chi connectivity index (χ0v) is 17.9. The highest BCUT2D eigenvalue weighted by Crippen LogP contribution is 2.29. The van der Waals surface area contributed by atoms with Gasteiger partial charge in [-0.3, -0.25) is 4.79 Å². The fourth-order valence-electron chi connectivity index (χ4n) is 3.65. The Bertz CT molecular complexity index is 1050. The highest BCUT2D eigenvalue weighted by molar-refractivity contribution is 6.31. The third kappa shape index (κ3) is 4.21. The van der Waals surface area contributed by atoms with E-state index in [-0.39, 0.29) is 43.5 Å². The van der Waals surface area contributed by atoms with Crippen LogP contribution in [0.3, 0.4) is 0 Å². The molecule has 31 heavy (non-hydrogen) atoms. The number of carbonyl (C=O) groups excluding carboxylic acids is 1. The van der Waals surface area contributed by atoms with Gasteiger partial charge in [0, 0.05) is 18.7 Å². The summed E-state index contributed by atoms with van der Waals surface area (Å²) in [4.78, 5) is 22.4. The van der Waals surface area contributed by atoms with E-state index in [2.05, 4.69) is 9.97 Å². The molecule has 1 aromatic carbocycles. The summed E-state index contributed by atoms with van der Waals surface area (Å²) < 4.78 is 24.8. The molecular weight excluding hydrogens is 427 g/mol. The number of aliphatic hydroxyl groups is 1. The largest absolute Gasteiger partial charge is 0.484 e. The lowest BCUT2D eigenvalue weighted by Gasteiger charge is -2.21. The van der Waals surface area contributed by atoms with Gasteiger partial charge >= 0.3 is 5.82 Å². The van der Waals surface area contributed by atoms with Crippen LogP contribution in [0.2, 0.25) is 5.02 Å². The number of nitrogens with zero attached hydrogens (tertiary/aromatic N) is 2. The van der Waals surface area contributed by atoms with Gasteiger partial charge in [0.1, 0.15) is 34.5 Å². The molecule has 2 aromatic rings. The number of aliphatic hydroxyl groups excluding tert-OH is 1. The van der Waals surface area contributed by atoms with Gasteiger partial charge in [0.05, 0.1) is 37.4 Å². The second-order valence-corrected chi connectivity index (χ2v) is 8.05. The summed E-state index contributed by atoms with van der Waals surface area (Å²) >= 11 is 6.19. The fraction of sp³-hybridized carbons (Fsp3) is 0.381. The van der Waals surface area contributed by atoms with Gasteiger partial charge in [-0.05, 0) is 24.0 Å². The highest BCUT2D eigenvalue weighted by Gasteiger charge is 2.34. The van der Waals surface area contributed by atoms with Crippen LogP contribution in [0.5, 0.6) is 5.75 Å². The van der Waals surface area contributed by atoms with Crippen LogP contribution < -0.4 is 15.5 Å². The van der Waals surface area contributed by atoms with Crippen LogP contribution in [0.25, 0.3) is 5.57 Å². The minimum absolute atomic E-state index is 0.0504. The number of ether oxygens (including phenoxy) is 2. The third-order valence-electron chi connectivity index (χ3n) is 5.36. The number of aromatic amines is 1. The number of benzene rings is 1. The molecule has 4 N–H and O–H groups in total. The Morgan fingerprint density at radius 2 is 2.16 bits per heavy atom. The summed E-state index contributed by atoms with van der Waals surface area (Å²) in [6.45, 7) is 4.33. The third-order valence-corrected chi connectivity index (χ3v) is 5.91. The molecule has 1 aromatic heterocycles. The molecule has 1 fully saturated rings. The zero-order chi connectivity index (χ0) is 22.3. The van der Waals surface area contributed by atoms with Crippen molar-refractivity contribution in [2.24, 2.45) is 5.73 Å². The summed E-state index contributed by atoms with van der Waals surface area (Å²) in [5.74, 6) is -0.321. The highest BCUT2D eigenvalue weighted by atomic mass is 35.5. The lowest BCUT2D eigenvalue weighted by Crippen LogP contribution is -2.33. The van der Waals surface area contributed by atoms with Crippen LogP contribution in [0.1, 0.15) is 27.6 Å². The average molecular weight is 450 g/mol. The Morgan fingerprint density at radius 1 is 1.39 bits per heavy atom. The summed E-state index contributed by atoms with van der Waals surface area (Å²) in [7, 11) is 0. The summed E-state index contributed by atoms with van der Waals surface area (Å²) in [5.41, 5.74) is 9.00. The zero-order valence-electron chi connectivity index (χ0n) is 17.1. The maximum absolute atomic E-state index is 13.9. The van der Waals surface area contributed by atoms with E-state index >= 15 is 0 Å². The van der Waals surface area contributed by atoms with Crippen LogP contribution in [0, 0.1) is 19.7 Å². The molecular formula is C21H23ClFN4O4+. The first-order chi connectivity index (χ1) is 14.7. The van der Waals surface area contributed by atoms with E-state index in [4.69, 9.17) is 26.8 Å². The van der Waals surface area contributed by atoms with Crippen LogP contribution in [-0.4, -0.2) is 59.4 Å². The van der Waals surface area contributed by atoms with Crippen molar-refractivity contribution in [1.82, 2.24) is 9.88 Å². The molecule has 8 nitrogen and oxygen atoms in total. The number of nitrogens with one attached hydrogen (secondary N) is 1. The summed E-state index contributed by atoms with van der Waals surface area (Å²) in [6, 6.07) is 3.69. The molecule has 3 heterocycles. The average Bonchev–Trinajstić information content (AvgIpc) is 3.31. The van der Waals surface area contributed by atoms with Gasteiger partial charge in [0.25, 0.3) is 5.91 Å². The fourth-order valence-corrected chi connectivity index (χ4v) is 3.74. The second kappa shape index (κ2) is 8.41. The van der Waals surface area contributed by atoms with Crippen molar-refractivity contribution in [1.29, 1.82) is 0 Å². The van der Waals surface area contributed by atoms with Gasteiger partial charge < -0.3 is 25.2 Å². The number of amides is 1. The molecule has 164 valence electrons. The molecule has 1 saturated heterocycles. The van der Waals surface area contributed by atoms with Crippen molar-refractivity contribution in [2.75, 3.05) is 26.3 Å². The minimum atomic E-state index is -0.847. The number of carbonyl (C=O) groups is 1. The van der Waals surface area contributed by atoms with E-state index in [0.29, 0.717) is 27.8 Å². The van der Waals surface area contributed by atoms with E-state index in [0.717, 1.165) is 11.8 Å². The van der Waals surface area contributed by atoms with Crippen molar-refractivity contribution in [3.05, 3.63) is 57.5 Å². The maximum Gasteiger partial charge on any atom is 0.328 e. The van der Waals surface area contributed by atoms with E-state index in [1.807, 2.05) is 6.92 Å². The molecule has 2 aliphatic rings. The van der Waals surface area contributed by atoms with Crippen molar-refractivity contribution < 1.29 is 28.7 Å². The normalized spacial score (nSPS) is 21.1. The number of halogens is 2. The monoisotopic (exact) mass is 449 g/mol. The number of hydrogen-bond donors (Lipinski definition) is 2. The number of nitrogens with two attached hydrogens (primary N) is 1. The van der Waals surface area contributed by atoms with E-state index in [1.54, 1.807) is 6.92 Å². The van der Waals surface area contributed by atoms with Gasteiger partial charge in [-0.15, -0.1) is 0 Å². The van der Waals surface area contributed by atoms with E-state index < -0.39 is 18.0 Å². The van der Waals surface area contributed by atoms with Crippen LogP contribution in [0.4, 0.5) is 4.39 Å². The Hall–Kier alpha value is -2.75. The minimum Gasteiger partial charge on any atom is -0.484 e. The van der Waals surface area contributed by atoms with Crippen molar-refractivity contribution in [3.63, 3.8) is 0 Å². The molecule has 4 rings (SSSR count). The first-order valence-corrected chi connectivity index (χ1v) is 10.2. The molecule has 10 heteroatoms. The second-order valence-electron chi connectivity index (χ2n) is 7.68. The maximum atomic E-state index is 13.9. The quantitative estimate of drug-likeness (QED) is 0.727. The number of aryl methyl sites for hydroxylation is 2. The lowest BCUT2D eigenvalue weighted by atomic mass is 10.1. The number of rotatable bonds is 4. The van der Waals surface area contributed by atoms with Gasteiger partial charge in [-0.25, -0.2) is 9.37 Å². The van der Waals surface area contributed by atoms with Gasteiger partial charge in [-0.1, -0.05) is 11.6 Å².